The van der Waals surface area contributed by atoms with E-state index < -0.39 is 6.18 Å². The summed E-state index contributed by atoms with van der Waals surface area (Å²) in [5.74, 6) is 0. The van der Waals surface area contributed by atoms with Gasteiger partial charge in [-0.15, -0.1) is 12.6 Å². The lowest BCUT2D eigenvalue weighted by atomic mass is 10.4. The van der Waals surface area contributed by atoms with Crippen LogP contribution in [0.15, 0.2) is 35.2 Å². The van der Waals surface area contributed by atoms with Gasteiger partial charge in [0.05, 0.1) is 0 Å². The Balaban J connectivity index is 0.000000217. The molecule has 0 spiro atoms. The molecule has 1 aromatic rings. The number of thiol groups is 1. The SMILES string of the molecule is CC(F)(F)F.Sc1ccccc1. The molecule has 0 aliphatic heterocycles. The van der Waals surface area contributed by atoms with Gasteiger partial charge in [0.1, 0.15) is 0 Å². The molecule has 0 aliphatic rings. The average molecular weight is 194 g/mol. The molecule has 0 heterocycles. The molecule has 0 radical (unpaired) electrons. The van der Waals surface area contributed by atoms with Gasteiger partial charge in [0.2, 0.25) is 0 Å². The fourth-order valence-electron chi connectivity index (χ4n) is 0.428. The van der Waals surface area contributed by atoms with Gasteiger partial charge in [-0.2, -0.15) is 13.2 Å². The number of halogens is 3. The number of alkyl halides is 3. The summed E-state index contributed by atoms with van der Waals surface area (Å²) >= 11 is 4.08. The predicted molar refractivity (Wildman–Crippen MR) is 45.4 cm³/mol. The molecule has 0 saturated heterocycles. The van der Waals surface area contributed by atoms with Crippen molar-refractivity contribution in [2.75, 3.05) is 0 Å². The first-order chi connectivity index (χ1) is 5.39. The fraction of sp³-hybridized carbons (Fsp3) is 0.250. The molecule has 1 aromatic carbocycles. The van der Waals surface area contributed by atoms with Crippen molar-refractivity contribution in [1.29, 1.82) is 0 Å². The van der Waals surface area contributed by atoms with E-state index >= 15 is 0 Å². The van der Waals surface area contributed by atoms with Gasteiger partial charge < -0.3 is 0 Å². The van der Waals surface area contributed by atoms with Crippen LogP contribution in [0.2, 0.25) is 0 Å². The third kappa shape index (κ3) is 12.1. The molecule has 0 aromatic heterocycles. The lowest BCUT2D eigenvalue weighted by molar-refractivity contribution is -0.110. The molecule has 12 heavy (non-hydrogen) atoms. The Hall–Kier alpha value is -0.640. The van der Waals surface area contributed by atoms with Gasteiger partial charge in [-0.1, -0.05) is 18.2 Å². The van der Waals surface area contributed by atoms with E-state index in [-0.39, 0.29) is 6.92 Å². The first kappa shape index (κ1) is 11.4. The second-order valence-corrected chi connectivity index (χ2v) is 2.63. The average Bonchev–Trinajstić information content (AvgIpc) is 1.85. The van der Waals surface area contributed by atoms with E-state index in [1.807, 2.05) is 30.3 Å². The van der Waals surface area contributed by atoms with E-state index in [4.69, 9.17) is 0 Å². The number of benzene rings is 1. The summed E-state index contributed by atoms with van der Waals surface area (Å²) in [5, 5.41) is 0. The van der Waals surface area contributed by atoms with E-state index in [9.17, 15) is 13.2 Å². The minimum Gasteiger partial charge on any atom is -0.172 e. The van der Waals surface area contributed by atoms with Gasteiger partial charge in [-0.3, -0.25) is 0 Å². The standard InChI is InChI=1S/C6H6S.C2H3F3/c7-6-4-2-1-3-5-6;1-2(3,4)5/h1-5,7H;1H3. The van der Waals surface area contributed by atoms with E-state index in [0.29, 0.717) is 0 Å². The highest BCUT2D eigenvalue weighted by Crippen LogP contribution is 2.10. The summed E-state index contributed by atoms with van der Waals surface area (Å²) in [6.45, 7) is 0.188. The van der Waals surface area contributed by atoms with Gasteiger partial charge in [0, 0.05) is 11.8 Å². The van der Waals surface area contributed by atoms with Crippen LogP contribution >= 0.6 is 12.6 Å². The Morgan fingerprint density at radius 3 is 1.58 bits per heavy atom. The molecule has 68 valence electrons. The molecule has 1 rings (SSSR count). The maximum atomic E-state index is 10.4. The Morgan fingerprint density at radius 1 is 1.08 bits per heavy atom. The summed E-state index contributed by atoms with van der Waals surface area (Å²) in [4.78, 5) is 1.02. The maximum Gasteiger partial charge on any atom is 0.386 e. The van der Waals surface area contributed by atoms with Gasteiger partial charge >= 0.3 is 6.18 Å². The second kappa shape index (κ2) is 5.09. The van der Waals surface area contributed by atoms with Crippen molar-refractivity contribution in [3.8, 4) is 0 Å². The fourth-order valence-corrected chi connectivity index (χ4v) is 0.600. The van der Waals surface area contributed by atoms with E-state index in [0.717, 1.165) is 4.90 Å². The van der Waals surface area contributed by atoms with Crippen LogP contribution in [0.4, 0.5) is 13.2 Å². The number of hydrogen-bond donors (Lipinski definition) is 1. The van der Waals surface area contributed by atoms with Crippen molar-refractivity contribution in [2.45, 2.75) is 18.0 Å². The molecule has 0 unspecified atom stereocenters. The van der Waals surface area contributed by atoms with E-state index in [1.165, 1.54) is 0 Å². The van der Waals surface area contributed by atoms with Crippen LogP contribution in [0.3, 0.4) is 0 Å². The van der Waals surface area contributed by atoms with Gasteiger partial charge in [0.25, 0.3) is 0 Å². The van der Waals surface area contributed by atoms with Crippen molar-refractivity contribution in [1.82, 2.24) is 0 Å². The summed E-state index contributed by atoms with van der Waals surface area (Å²) in [7, 11) is 0. The molecule has 0 atom stereocenters. The Morgan fingerprint density at radius 2 is 1.42 bits per heavy atom. The molecular formula is C8H9F3S. The van der Waals surface area contributed by atoms with Crippen LogP contribution in [0.5, 0.6) is 0 Å². The summed E-state index contributed by atoms with van der Waals surface area (Å²) < 4.78 is 31.1. The van der Waals surface area contributed by atoms with Gasteiger partial charge in [-0.05, 0) is 12.1 Å². The topological polar surface area (TPSA) is 0 Å². The van der Waals surface area contributed by atoms with Crippen LogP contribution in [0.25, 0.3) is 0 Å². The van der Waals surface area contributed by atoms with Crippen molar-refractivity contribution >= 4 is 12.6 Å². The lowest BCUT2D eigenvalue weighted by Crippen LogP contribution is -1.95. The monoisotopic (exact) mass is 194 g/mol. The lowest BCUT2D eigenvalue weighted by Gasteiger charge is -1.88. The highest BCUT2D eigenvalue weighted by Gasteiger charge is 2.15. The third-order valence-electron chi connectivity index (χ3n) is 0.756. The van der Waals surface area contributed by atoms with E-state index in [2.05, 4.69) is 12.6 Å². The zero-order valence-electron chi connectivity index (χ0n) is 6.47. The molecule has 0 bridgehead atoms. The predicted octanol–water partition coefficient (Wildman–Crippen LogP) is 3.54. The highest BCUT2D eigenvalue weighted by atomic mass is 32.1. The third-order valence-corrected chi connectivity index (χ3v) is 1.05. The molecule has 0 aliphatic carbocycles. The van der Waals surface area contributed by atoms with Crippen LogP contribution < -0.4 is 0 Å². The second-order valence-electron chi connectivity index (χ2n) is 2.12. The van der Waals surface area contributed by atoms with Crippen molar-refractivity contribution in [3.05, 3.63) is 30.3 Å². The van der Waals surface area contributed by atoms with Crippen LogP contribution in [-0.2, 0) is 0 Å². The molecular weight excluding hydrogens is 185 g/mol. The molecule has 0 fully saturated rings. The minimum absolute atomic E-state index is 0.188. The van der Waals surface area contributed by atoms with E-state index in [1.54, 1.807) is 0 Å². The van der Waals surface area contributed by atoms with Crippen molar-refractivity contribution in [3.63, 3.8) is 0 Å². The van der Waals surface area contributed by atoms with Crippen LogP contribution in [0, 0.1) is 0 Å². The quantitative estimate of drug-likeness (QED) is 0.600. The Bertz CT molecular complexity index is 199. The summed E-state index contributed by atoms with van der Waals surface area (Å²) in [5.41, 5.74) is 0. The molecule has 0 N–H and O–H groups in total. The Labute approximate surface area is 74.8 Å². The first-order valence-electron chi connectivity index (χ1n) is 3.20. The summed E-state index contributed by atoms with van der Waals surface area (Å²) in [6.07, 6.45) is -4.00. The molecule has 0 nitrogen and oxygen atoms in total. The van der Waals surface area contributed by atoms with Crippen molar-refractivity contribution < 1.29 is 13.2 Å². The largest absolute Gasteiger partial charge is 0.386 e. The van der Waals surface area contributed by atoms with Crippen molar-refractivity contribution in [2.24, 2.45) is 0 Å². The number of hydrogen-bond acceptors (Lipinski definition) is 1. The molecule has 0 amide bonds. The van der Waals surface area contributed by atoms with Crippen LogP contribution in [-0.4, -0.2) is 6.18 Å². The Kier molecular flexibility index (Phi) is 4.81. The number of rotatable bonds is 0. The smallest absolute Gasteiger partial charge is 0.172 e. The van der Waals surface area contributed by atoms with Crippen LogP contribution in [0.1, 0.15) is 6.92 Å². The molecule has 4 heteroatoms. The molecule has 0 saturated carbocycles. The highest BCUT2D eigenvalue weighted by molar-refractivity contribution is 7.80. The minimum atomic E-state index is -4.00. The van der Waals surface area contributed by atoms with Gasteiger partial charge in [0.15, 0.2) is 0 Å². The zero-order chi connectivity index (χ0) is 9.61. The zero-order valence-corrected chi connectivity index (χ0v) is 7.36. The maximum absolute atomic E-state index is 10.4. The normalized spacial score (nSPS) is 10.1. The summed E-state index contributed by atoms with van der Waals surface area (Å²) in [6, 6.07) is 9.79. The first-order valence-corrected chi connectivity index (χ1v) is 3.65. The van der Waals surface area contributed by atoms with Gasteiger partial charge in [-0.25, -0.2) is 0 Å².